The van der Waals surface area contributed by atoms with E-state index in [1.807, 2.05) is 0 Å². The molecule has 1 aliphatic rings. The number of sulfonamides is 1. The van der Waals surface area contributed by atoms with Crippen molar-refractivity contribution in [3.05, 3.63) is 24.3 Å². The van der Waals surface area contributed by atoms with Crippen LogP contribution in [0.1, 0.15) is 0 Å². The molecule has 1 unspecified atom stereocenters. The summed E-state index contributed by atoms with van der Waals surface area (Å²) in [6.07, 6.45) is -5.32. The Kier molecular flexibility index (Phi) is 4.95. The number of nitrogens with zero attached hydrogens (tertiary/aromatic N) is 1. The molecule has 0 spiro atoms. The largest absolute Gasteiger partial charge is 0.573 e. The zero-order valence-corrected chi connectivity index (χ0v) is 12.2. The van der Waals surface area contributed by atoms with Gasteiger partial charge >= 0.3 is 6.36 Å². The second-order valence-corrected chi connectivity index (χ2v) is 6.55. The van der Waals surface area contributed by atoms with Gasteiger partial charge in [0.05, 0.1) is 17.6 Å². The van der Waals surface area contributed by atoms with Gasteiger partial charge < -0.3 is 15.2 Å². The molecule has 0 radical (unpaired) electrons. The maximum Gasteiger partial charge on any atom is 0.573 e. The van der Waals surface area contributed by atoms with Crippen molar-refractivity contribution in [1.29, 1.82) is 0 Å². The Morgan fingerprint density at radius 2 is 2.14 bits per heavy atom. The third-order valence-electron chi connectivity index (χ3n) is 3.04. The number of ether oxygens (including phenoxy) is 2. The Hall–Kier alpha value is -1.36. The van der Waals surface area contributed by atoms with Crippen LogP contribution in [0, 0.1) is 0 Å². The molecule has 1 aromatic rings. The van der Waals surface area contributed by atoms with Gasteiger partial charge in [-0.25, -0.2) is 8.42 Å². The van der Waals surface area contributed by atoms with Crippen LogP contribution in [0.2, 0.25) is 0 Å². The average Bonchev–Trinajstić information content (AvgIpc) is 2.46. The van der Waals surface area contributed by atoms with E-state index in [2.05, 4.69) is 4.74 Å². The lowest BCUT2D eigenvalue weighted by atomic mass is 10.3. The van der Waals surface area contributed by atoms with Crippen LogP contribution in [0.4, 0.5) is 13.2 Å². The molecule has 1 heterocycles. The molecule has 2 rings (SSSR count). The fourth-order valence-electron chi connectivity index (χ4n) is 2.03. The maximum atomic E-state index is 12.5. The molecular formula is C12H15F3N2O4S. The lowest BCUT2D eigenvalue weighted by Crippen LogP contribution is -2.48. The van der Waals surface area contributed by atoms with Gasteiger partial charge in [0.1, 0.15) is 5.75 Å². The van der Waals surface area contributed by atoms with Gasteiger partial charge in [0.15, 0.2) is 0 Å². The minimum absolute atomic E-state index is 0.0587. The topological polar surface area (TPSA) is 81.9 Å². The normalized spacial score (nSPS) is 20.8. The molecule has 124 valence electrons. The second kappa shape index (κ2) is 6.41. The van der Waals surface area contributed by atoms with Crippen molar-refractivity contribution in [3.8, 4) is 5.75 Å². The highest BCUT2D eigenvalue weighted by atomic mass is 32.2. The van der Waals surface area contributed by atoms with Crippen LogP contribution in [0.5, 0.6) is 5.75 Å². The van der Waals surface area contributed by atoms with Crippen molar-refractivity contribution in [2.75, 3.05) is 26.2 Å². The first-order valence-corrected chi connectivity index (χ1v) is 7.84. The summed E-state index contributed by atoms with van der Waals surface area (Å²) in [5.41, 5.74) is 5.45. The number of halogens is 3. The van der Waals surface area contributed by atoms with Gasteiger partial charge in [-0.3, -0.25) is 0 Å². The number of morpholine rings is 1. The number of rotatable bonds is 4. The quantitative estimate of drug-likeness (QED) is 0.882. The van der Waals surface area contributed by atoms with Gasteiger partial charge in [0.2, 0.25) is 10.0 Å². The van der Waals surface area contributed by atoms with E-state index in [9.17, 15) is 21.6 Å². The van der Waals surface area contributed by atoms with Crippen LogP contribution in [0.25, 0.3) is 0 Å². The fourth-order valence-corrected chi connectivity index (χ4v) is 3.53. The van der Waals surface area contributed by atoms with Crippen LogP contribution < -0.4 is 10.5 Å². The summed E-state index contributed by atoms with van der Waals surface area (Å²) in [7, 11) is -3.93. The van der Waals surface area contributed by atoms with E-state index < -0.39 is 28.2 Å². The molecule has 2 N–H and O–H groups in total. The summed E-state index contributed by atoms with van der Waals surface area (Å²) in [4.78, 5) is -0.271. The third-order valence-corrected chi connectivity index (χ3v) is 4.90. The van der Waals surface area contributed by atoms with Crippen molar-refractivity contribution in [1.82, 2.24) is 4.31 Å². The van der Waals surface area contributed by atoms with Gasteiger partial charge in [0, 0.05) is 25.7 Å². The van der Waals surface area contributed by atoms with E-state index in [0.717, 1.165) is 16.4 Å². The first-order valence-electron chi connectivity index (χ1n) is 6.40. The van der Waals surface area contributed by atoms with Gasteiger partial charge in [-0.05, 0) is 12.1 Å². The number of hydrogen-bond donors (Lipinski definition) is 1. The van der Waals surface area contributed by atoms with Gasteiger partial charge in [-0.15, -0.1) is 13.2 Å². The van der Waals surface area contributed by atoms with Crippen LogP contribution in [-0.2, 0) is 14.8 Å². The average molecular weight is 340 g/mol. The van der Waals surface area contributed by atoms with Crippen LogP contribution in [-0.4, -0.2) is 51.4 Å². The number of benzene rings is 1. The fraction of sp³-hybridized carbons (Fsp3) is 0.500. The van der Waals surface area contributed by atoms with Gasteiger partial charge in [-0.1, -0.05) is 6.07 Å². The van der Waals surface area contributed by atoms with E-state index in [1.54, 1.807) is 0 Å². The summed E-state index contributed by atoms with van der Waals surface area (Å²) in [5, 5.41) is 0. The molecule has 0 bridgehead atoms. The third kappa shape index (κ3) is 4.09. The molecule has 1 fully saturated rings. The first kappa shape index (κ1) is 17.0. The second-order valence-electron chi connectivity index (χ2n) is 4.61. The van der Waals surface area contributed by atoms with E-state index >= 15 is 0 Å². The Morgan fingerprint density at radius 1 is 1.41 bits per heavy atom. The van der Waals surface area contributed by atoms with Crippen molar-refractivity contribution in [2.45, 2.75) is 17.4 Å². The molecule has 1 saturated heterocycles. The molecular weight excluding hydrogens is 325 g/mol. The molecule has 0 saturated carbocycles. The minimum atomic E-state index is -4.88. The lowest BCUT2D eigenvalue weighted by Gasteiger charge is -2.31. The Balaban J connectivity index is 2.24. The Morgan fingerprint density at radius 3 is 2.77 bits per heavy atom. The molecule has 10 heteroatoms. The van der Waals surface area contributed by atoms with Crippen molar-refractivity contribution in [3.63, 3.8) is 0 Å². The minimum Gasteiger partial charge on any atom is -0.406 e. The highest BCUT2D eigenvalue weighted by Gasteiger charge is 2.33. The van der Waals surface area contributed by atoms with Crippen molar-refractivity contribution < 1.29 is 31.1 Å². The number of alkyl halides is 3. The smallest absolute Gasteiger partial charge is 0.406 e. The van der Waals surface area contributed by atoms with Crippen molar-refractivity contribution >= 4 is 10.0 Å². The Labute approximate surface area is 125 Å². The molecule has 1 aliphatic heterocycles. The zero-order chi connectivity index (χ0) is 16.4. The predicted molar refractivity (Wildman–Crippen MR) is 70.7 cm³/mol. The molecule has 1 aromatic carbocycles. The molecule has 0 aliphatic carbocycles. The SMILES string of the molecule is NCC1CN(S(=O)(=O)c2cccc(OC(F)(F)F)c2)CCO1. The zero-order valence-electron chi connectivity index (χ0n) is 11.4. The highest BCUT2D eigenvalue weighted by Crippen LogP contribution is 2.26. The molecule has 6 nitrogen and oxygen atoms in total. The predicted octanol–water partition coefficient (Wildman–Crippen LogP) is 0.933. The summed E-state index contributed by atoms with van der Waals surface area (Å²) < 4.78 is 71.7. The van der Waals surface area contributed by atoms with Gasteiger partial charge in [-0.2, -0.15) is 4.31 Å². The first-order chi connectivity index (χ1) is 10.2. The van der Waals surface area contributed by atoms with Crippen molar-refractivity contribution in [2.24, 2.45) is 5.73 Å². The highest BCUT2D eigenvalue weighted by molar-refractivity contribution is 7.89. The lowest BCUT2D eigenvalue weighted by molar-refractivity contribution is -0.274. The molecule has 1 atom stereocenters. The standard InChI is InChI=1S/C12H15F3N2O4S/c13-12(14,15)21-9-2-1-3-11(6-9)22(18,19)17-4-5-20-10(7-16)8-17/h1-3,6,10H,4-5,7-8,16H2. The van der Waals surface area contributed by atoms with Crippen LogP contribution in [0.3, 0.4) is 0 Å². The number of nitrogens with two attached hydrogens (primary N) is 1. The maximum absolute atomic E-state index is 12.5. The van der Waals surface area contributed by atoms with E-state index in [4.69, 9.17) is 10.5 Å². The summed E-state index contributed by atoms with van der Waals surface area (Å²) in [6, 6.07) is 4.28. The van der Waals surface area contributed by atoms with Crippen LogP contribution >= 0.6 is 0 Å². The van der Waals surface area contributed by atoms with Crippen LogP contribution in [0.15, 0.2) is 29.2 Å². The van der Waals surface area contributed by atoms with E-state index in [0.29, 0.717) is 0 Å². The molecule has 22 heavy (non-hydrogen) atoms. The van der Waals surface area contributed by atoms with Gasteiger partial charge in [0.25, 0.3) is 0 Å². The van der Waals surface area contributed by atoms with E-state index in [1.165, 1.54) is 12.1 Å². The summed E-state index contributed by atoms with van der Waals surface area (Å²) >= 11 is 0. The van der Waals surface area contributed by atoms with E-state index in [-0.39, 0.29) is 31.1 Å². The molecule has 0 aromatic heterocycles. The Bertz CT molecular complexity index is 621. The number of hydrogen-bond acceptors (Lipinski definition) is 5. The summed E-state index contributed by atoms with van der Waals surface area (Å²) in [5.74, 6) is -0.586. The molecule has 0 amide bonds. The monoisotopic (exact) mass is 340 g/mol. The summed E-state index contributed by atoms with van der Waals surface area (Å²) in [6.45, 7) is 0.509.